The van der Waals surface area contributed by atoms with Gasteiger partial charge in [-0.15, -0.1) is 13.2 Å². The summed E-state index contributed by atoms with van der Waals surface area (Å²) in [6.45, 7) is 7.39. The van der Waals surface area contributed by atoms with E-state index in [1.165, 1.54) is 5.56 Å². The van der Waals surface area contributed by atoms with Gasteiger partial charge in [0.25, 0.3) is 0 Å². The van der Waals surface area contributed by atoms with Crippen LogP contribution >= 0.6 is 0 Å². The molecule has 0 spiro atoms. The molecule has 0 unspecified atom stereocenters. The predicted molar refractivity (Wildman–Crippen MR) is 75.9 cm³/mol. The summed E-state index contributed by atoms with van der Waals surface area (Å²) in [5.74, 6) is 0.853. The molecule has 0 atom stereocenters. The molecule has 2 nitrogen and oxygen atoms in total. The van der Waals surface area contributed by atoms with Crippen LogP contribution in [0.15, 0.2) is 49.6 Å². The molecule has 1 N–H and O–H groups in total. The van der Waals surface area contributed by atoms with Crippen LogP contribution in [0.4, 0.5) is 0 Å². The zero-order valence-corrected chi connectivity index (χ0v) is 11.1. The first-order chi connectivity index (χ1) is 8.63. The van der Waals surface area contributed by atoms with Gasteiger partial charge in [0.05, 0.1) is 12.7 Å². The van der Waals surface area contributed by atoms with Crippen LogP contribution in [0.1, 0.15) is 24.8 Å². The average Bonchev–Trinajstić information content (AvgIpc) is 2.38. The maximum atomic E-state index is 10.4. The third-order valence-corrected chi connectivity index (χ3v) is 3.09. The smallest absolute Gasteiger partial charge is 0.118 e. The lowest BCUT2D eigenvalue weighted by atomic mass is 9.88. The molecule has 18 heavy (non-hydrogen) atoms. The van der Waals surface area contributed by atoms with Crippen molar-refractivity contribution >= 4 is 0 Å². The fourth-order valence-corrected chi connectivity index (χ4v) is 1.99. The van der Waals surface area contributed by atoms with Crippen LogP contribution < -0.4 is 4.74 Å². The van der Waals surface area contributed by atoms with E-state index in [-0.39, 0.29) is 0 Å². The molecule has 0 aromatic heterocycles. The van der Waals surface area contributed by atoms with Gasteiger partial charge in [-0.2, -0.15) is 0 Å². The zero-order chi connectivity index (χ0) is 13.4. The van der Waals surface area contributed by atoms with Crippen LogP contribution in [0.25, 0.3) is 0 Å². The molecular formula is C16H22O2. The molecule has 0 aliphatic heterocycles. The monoisotopic (exact) mass is 246 g/mol. The highest BCUT2D eigenvalue weighted by molar-refractivity contribution is 5.27. The topological polar surface area (TPSA) is 29.5 Å². The van der Waals surface area contributed by atoms with Gasteiger partial charge in [0.2, 0.25) is 0 Å². The Labute approximate surface area is 110 Å². The van der Waals surface area contributed by atoms with Gasteiger partial charge < -0.3 is 9.84 Å². The van der Waals surface area contributed by atoms with Crippen molar-refractivity contribution in [3.63, 3.8) is 0 Å². The molecule has 0 aliphatic rings. The van der Waals surface area contributed by atoms with E-state index in [1.54, 1.807) is 19.3 Å². The number of ether oxygens (including phenoxy) is 1. The fourth-order valence-electron chi connectivity index (χ4n) is 1.99. The molecule has 0 fully saturated rings. The summed E-state index contributed by atoms with van der Waals surface area (Å²) in [7, 11) is 1.65. The highest BCUT2D eigenvalue weighted by Crippen LogP contribution is 2.24. The van der Waals surface area contributed by atoms with Crippen LogP contribution in [-0.2, 0) is 6.42 Å². The minimum atomic E-state index is -0.719. The summed E-state index contributed by atoms with van der Waals surface area (Å²) < 4.78 is 5.12. The Kier molecular flexibility index (Phi) is 5.66. The minimum Gasteiger partial charge on any atom is -0.497 e. The van der Waals surface area contributed by atoms with E-state index in [0.717, 1.165) is 12.2 Å². The van der Waals surface area contributed by atoms with E-state index in [1.807, 2.05) is 24.3 Å². The molecule has 98 valence electrons. The molecule has 0 radical (unpaired) electrons. The van der Waals surface area contributed by atoms with E-state index >= 15 is 0 Å². The van der Waals surface area contributed by atoms with Crippen molar-refractivity contribution in [2.24, 2.45) is 0 Å². The predicted octanol–water partition coefficient (Wildman–Crippen LogP) is 3.51. The SMILES string of the molecule is C=CCC(O)(CC=C)CCc1ccc(OC)cc1. The van der Waals surface area contributed by atoms with Gasteiger partial charge in [0, 0.05) is 0 Å². The first-order valence-electron chi connectivity index (χ1n) is 6.20. The van der Waals surface area contributed by atoms with Gasteiger partial charge in [0.1, 0.15) is 5.75 Å². The Morgan fingerprint density at radius 3 is 2.17 bits per heavy atom. The molecule has 0 amide bonds. The maximum Gasteiger partial charge on any atom is 0.118 e. The van der Waals surface area contributed by atoms with Gasteiger partial charge in [-0.1, -0.05) is 24.3 Å². The normalized spacial score (nSPS) is 11.0. The number of aliphatic hydroxyl groups is 1. The standard InChI is InChI=1S/C16H22O2/c1-4-11-16(17,12-5-2)13-10-14-6-8-15(18-3)9-7-14/h4-9,17H,1-2,10-13H2,3H3. The Bertz CT molecular complexity index is 369. The van der Waals surface area contributed by atoms with Crippen LogP contribution in [0.2, 0.25) is 0 Å². The van der Waals surface area contributed by atoms with Crippen molar-refractivity contribution in [3.05, 3.63) is 55.1 Å². The second-order valence-electron chi connectivity index (χ2n) is 4.56. The van der Waals surface area contributed by atoms with Crippen LogP contribution in [0, 0.1) is 0 Å². The van der Waals surface area contributed by atoms with Crippen LogP contribution in [-0.4, -0.2) is 17.8 Å². The Hall–Kier alpha value is -1.54. The van der Waals surface area contributed by atoms with E-state index in [0.29, 0.717) is 19.3 Å². The highest BCUT2D eigenvalue weighted by atomic mass is 16.5. The number of benzene rings is 1. The Balaban J connectivity index is 2.60. The van der Waals surface area contributed by atoms with Gasteiger partial charge in [-0.05, 0) is 43.4 Å². The fraction of sp³-hybridized carbons (Fsp3) is 0.375. The largest absolute Gasteiger partial charge is 0.497 e. The average molecular weight is 246 g/mol. The van der Waals surface area contributed by atoms with Crippen molar-refractivity contribution in [1.29, 1.82) is 0 Å². The number of rotatable bonds is 8. The lowest BCUT2D eigenvalue weighted by Gasteiger charge is -2.25. The molecule has 1 rings (SSSR count). The van der Waals surface area contributed by atoms with Crippen molar-refractivity contribution in [3.8, 4) is 5.75 Å². The molecule has 2 heteroatoms. The molecule has 0 bridgehead atoms. The van der Waals surface area contributed by atoms with Crippen molar-refractivity contribution in [2.75, 3.05) is 7.11 Å². The van der Waals surface area contributed by atoms with Crippen LogP contribution in [0.3, 0.4) is 0 Å². The molecule has 0 aliphatic carbocycles. The molecule has 0 heterocycles. The quantitative estimate of drug-likeness (QED) is 0.711. The van der Waals surface area contributed by atoms with Gasteiger partial charge in [-0.3, -0.25) is 0 Å². The van der Waals surface area contributed by atoms with Gasteiger partial charge >= 0.3 is 0 Å². The summed E-state index contributed by atoms with van der Waals surface area (Å²) in [6, 6.07) is 7.94. The second-order valence-corrected chi connectivity index (χ2v) is 4.56. The summed E-state index contributed by atoms with van der Waals surface area (Å²) >= 11 is 0. The molecule has 0 saturated carbocycles. The molecular weight excluding hydrogens is 224 g/mol. The summed E-state index contributed by atoms with van der Waals surface area (Å²) in [5, 5.41) is 10.4. The Morgan fingerprint density at radius 1 is 1.17 bits per heavy atom. The van der Waals surface area contributed by atoms with E-state index in [2.05, 4.69) is 13.2 Å². The number of aryl methyl sites for hydroxylation is 1. The molecule has 0 saturated heterocycles. The van der Waals surface area contributed by atoms with E-state index < -0.39 is 5.60 Å². The number of methoxy groups -OCH3 is 1. The van der Waals surface area contributed by atoms with Crippen molar-refractivity contribution in [2.45, 2.75) is 31.3 Å². The highest BCUT2D eigenvalue weighted by Gasteiger charge is 2.23. The third kappa shape index (κ3) is 4.38. The van der Waals surface area contributed by atoms with Gasteiger partial charge in [-0.25, -0.2) is 0 Å². The lowest BCUT2D eigenvalue weighted by molar-refractivity contribution is 0.0377. The molecule has 1 aromatic rings. The van der Waals surface area contributed by atoms with E-state index in [4.69, 9.17) is 4.74 Å². The Morgan fingerprint density at radius 2 is 1.72 bits per heavy atom. The lowest BCUT2D eigenvalue weighted by Crippen LogP contribution is -2.27. The maximum absolute atomic E-state index is 10.4. The zero-order valence-electron chi connectivity index (χ0n) is 11.1. The third-order valence-electron chi connectivity index (χ3n) is 3.09. The minimum absolute atomic E-state index is 0.592. The first-order valence-corrected chi connectivity index (χ1v) is 6.20. The second kappa shape index (κ2) is 7.02. The van der Waals surface area contributed by atoms with Crippen LogP contribution in [0.5, 0.6) is 5.75 Å². The van der Waals surface area contributed by atoms with Crippen molar-refractivity contribution < 1.29 is 9.84 Å². The summed E-state index contributed by atoms with van der Waals surface area (Å²) in [5.41, 5.74) is 0.478. The summed E-state index contributed by atoms with van der Waals surface area (Å²) in [6.07, 6.45) is 6.25. The summed E-state index contributed by atoms with van der Waals surface area (Å²) in [4.78, 5) is 0. The number of hydrogen-bond acceptors (Lipinski definition) is 2. The van der Waals surface area contributed by atoms with Gasteiger partial charge in [0.15, 0.2) is 0 Å². The van der Waals surface area contributed by atoms with Crippen molar-refractivity contribution in [1.82, 2.24) is 0 Å². The number of hydrogen-bond donors (Lipinski definition) is 1. The first kappa shape index (κ1) is 14.5. The van der Waals surface area contributed by atoms with E-state index in [9.17, 15) is 5.11 Å². The molecule has 1 aromatic carbocycles.